The Bertz CT molecular complexity index is 1500. The minimum Gasteiger partial charge on any atom is -0.368 e. The summed E-state index contributed by atoms with van der Waals surface area (Å²) in [6.45, 7) is 20.9. The normalized spacial score (nSPS) is 22.0. The van der Waals surface area contributed by atoms with Crippen molar-refractivity contribution in [3.8, 4) is 0 Å². The molecule has 2 aromatic rings. The molecule has 4 aliphatic heterocycles. The predicted molar refractivity (Wildman–Crippen MR) is 175 cm³/mol. The number of hydrogen-bond acceptors (Lipinski definition) is 6. The fourth-order valence-electron chi connectivity index (χ4n) is 7.23. The molecule has 9 heteroatoms. The lowest BCUT2D eigenvalue weighted by atomic mass is 9.85. The molecule has 2 atom stereocenters. The fraction of sp³-hybridized carbons (Fsp3) is 0.583. The van der Waals surface area contributed by atoms with Crippen LogP contribution in [0.3, 0.4) is 0 Å². The molecule has 0 aliphatic carbocycles. The van der Waals surface area contributed by atoms with Crippen molar-refractivity contribution in [1.82, 2.24) is 15.1 Å². The molecular formula is C36H48FN5O3. The smallest absolute Gasteiger partial charge is 0.255 e. The first-order valence-electron chi connectivity index (χ1n) is 16.5. The maximum Gasteiger partial charge on any atom is 0.255 e. The van der Waals surface area contributed by atoms with E-state index in [1.54, 1.807) is 6.07 Å². The van der Waals surface area contributed by atoms with Gasteiger partial charge in [0, 0.05) is 74.9 Å². The molecule has 0 radical (unpaired) electrons. The summed E-state index contributed by atoms with van der Waals surface area (Å²) in [5, 5.41) is 2.32. The van der Waals surface area contributed by atoms with Gasteiger partial charge >= 0.3 is 0 Å². The molecule has 3 amide bonds. The third-order valence-electron chi connectivity index (χ3n) is 10.6. The fourth-order valence-corrected chi connectivity index (χ4v) is 7.23. The summed E-state index contributed by atoms with van der Waals surface area (Å²) in [4.78, 5) is 45.7. The van der Waals surface area contributed by atoms with Crippen molar-refractivity contribution < 1.29 is 18.8 Å². The number of fused-ring (bicyclic) bond motifs is 1. The number of halogens is 1. The van der Waals surface area contributed by atoms with Gasteiger partial charge in [-0.3, -0.25) is 24.6 Å². The quantitative estimate of drug-likeness (QED) is 0.427. The highest BCUT2D eigenvalue weighted by molar-refractivity contribution is 6.05. The summed E-state index contributed by atoms with van der Waals surface area (Å²) < 4.78 is 15.3. The zero-order chi connectivity index (χ0) is 32.4. The Balaban J connectivity index is 1.07. The Morgan fingerprint density at radius 2 is 1.73 bits per heavy atom. The molecule has 4 aliphatic rings. The van der Waals surface area contributed by atoms with Crippen LogP contribution in [0.1, 0.15) is 81.4 Å². The average Bonchev–Trinajstić information content (AvgIpc) is 3.22. The van der Waals surface area contributed by atoms with E-state index in [0.29, 0.717) is 41.6 Å². The van der Waals surface area contributed by atoms with E-state index in [1.165, 1.54) is 27.8 Å². The first-order valence-corrected chi connectivity index (χ1v) is 16.5. The number of anilines is 2. The number of amides is 3. The first kappa shape index (κ1) is 31.5. The van der Waals surface area contributed by atoms with Crippen LogP contribution in [-0.2, 0) is 21.5 Å². The Kier molecular flexibility index (Phi) is 8.21. The van der Waals surface area contributed by atoms with Crippen LogP contribution in [0.15, 0.2) is 30.3 Å². The van der Waals surface area contributed by atoms with E-state index < -0.39 is 17.8 Å². The maximum atomic E-state index is 15.3. The molecule has 1 unspecified atom stereocenters. The van der Waals surface area contributed by atoms with E-state index >= 15 is 4.39 Å². The second-order valence-corrected chi connectivity index (χ2v) is 15.1. The monoisotopic (exact) mass is 617 g/mol. The number of benzene rings is 2. The SMILES string of the molecule is Cc1ccc(C(C)(C)C)cc1N(CC1CN(C2CN(c3cc4c(cc3F)C(=O)N(C3CCC(=O)NC3=O)C4)C2)C1)[C@@H](C)C(C)C. The van der Waals surface area contributed by atoms with Gasteiger partial charge in [0.2, 0.25) is 11.8 Å². The van der Waals surface area contributed by atoms with Crippen molar-refractivity contribution in [3.05, 3.63) is 58.4 Å². The van der Waals surface area contributed by atoms with Crippen LogP contribution < -0.4 is 15.1 Å². The van der Waals surface area contributed by atoms with Crippen molar-refractivity contribution in [2.75, 3.05) is 42.5 Å². The molecule has 3 saturated heterocycles. The summed E-state index contributed by atoms with van der Waals surface area (Å²) in [7, 11) is 0. The molecule has 4 heterocycles. The van der Waals surface area contributed by atoms with Crippen LogP contribution in [0, 0.1) is 24.6 Å². The van der Waals surface area contributed by atoms with Crippen LogP contribution in [0.25, 0.3) is 0 Å². The lowest BCUT2D eigenvalue weighted by molar-refractivity contribution is -0.136. The second kappa shape index (κ2) is 11.7. The Morgan fingerprint density at radius 3 is 2.38 bits per heavy atom. The highest BCUT2D eigenvalue weighted by Gasteiger charge is 2.43. The number of imide groups is 1. The van der Waals surface area contributed by atoms with Crippen molar-refractivity contribution in [2.24, 2.45) is 11.8 Å². The lowest BCUT2D eigenvalue weighted by Crippen LogP contribution is -2.66. The highest BCUT2D eigenvalue weighted by Crippen LogP contribution is 2.37. The topological polar surface area (TPSA) is 76.2 Å². The molecule has 45 heavy (non-hydrogen) atoms. The minimum atomic E-state index is -0.701. The molecule has 0 saturated carbocycles. The molecule has 8 nitrogen and oxygen atoms in total. The number of carbonyl (C=O) groups is 3. The summed E-state index contributed by atoms with van der Waals surface area (Å²) in [6, 6.07) is 10.2. The second-order valence-electron chi connectivity index (χ2n) is 15.1. The zero-order valence-corrected chi connectivity index (χ0v) is 27.8. The third kappa shape index (κ3) is 5.96. The standard InChI is InChI=1S/C36H48FN5O3/c1-21(2)23(4)41(31-13-26(36(5,6)7)9-8-22(31)3)17-24-15-39(16-24)27-19-40(20-27)32-12-25-18-42(35(45)28(25)14-29(32)37)30-10-11-33(43)38-34(30)44/h8-9,12-14,21,23-24,27,30H,10-11,15-20H2,1-7H3,(H,38,43,44)/t23-,30?/m0/s1. The van der Waals surface area contributed by atoms with Crippen molar-refractivity contribution in [2.45, 2.75) is 91.4 Å². The first-order chi connectivity index (χ1) is 21.2. The number of aryl methyl sites for hydroxylation is 1. The van der Waals surface area contributed by atoms with Gasteiger partial charge < -0.3 is 14.7 Å². The van der Waals surface area contributed by atoms with Crippen LogP contribution in [0.2, 0.25) is 0 Å². The lowest BCUT2D eigenvalue weighted by Gasteiger charge is -2.54. The van der Waals surface area contributed by atoms with Crippen molar-refractivity contribution in [3.63, 3.8) is 0 Å². The molecule has 3 fully saturated rings. The summed E-state index contributed by atoms with van der Waals surface area (Å²) in [6.07, 6.45) is 0.489. The number of carbonyl (C=O) groups excluding carboxylic acids is 3. The Hall–Kier alpha value is -3.46. The molecule has 6 rings (SSSR count). The molecular weight excluding hydrogens is 569 g/mol. The van der Waals surface area contributed by atoms with Crippen LogP contribution >= 0.6 is 0 Å². The molecule has 1 N–H and O–H groups in total. The predicted octanol–water partition coefficient (Wildman–Crippen LogP) is 4.86. The van der Waals surface area contributed by atoms with Crippen molar-refractivity contribution >= 4 is 29.1 Å². The van der Waals surface area contributed by atoms with E-state index in [4.69, 9.17) is 0 Å². The van der Waals surface area contributed by atoms with Crippen LogP contribution in [-0.4, -0.2) is 78.4 Å². The van der Waals surface area contributed by atoms with Gasteiger partial charge in [-0.15, -0.1) is 0 Å². The largest absolute Gasteiger partial charge is 0.368 e. The Morgan fingerprint density at radius 1 is 1.02 bits per heavy atom. The number of nitrogens with zero attached hydrogens (tertiary/aromatic N) is 4. The van der Waals surface area contributed by atoms with Crippen LogP contribution in [0.5, 0.6) is 0 Å². The summed E-state index contributed by atoms with van der Waals surface area (Å²) in [5.74, 6) is -0.413. The van der Waals surface area contributed by atoms with Crippen molar-refractivity contribution in [1.29, 1.82) is 0 Å². The van der Waals surface area contributed by atoms with Gasteiger partial charge in [0.15, 0.2) is 0 Å². The molecule has 0 aromatic heterocycles. The van der Waals surface area contributed by atoms with E-state index in [9.17, 15) is 14.4 Å². The molecule has 0 spiro atoms. The van der Waals surface area contributed by atoms with E-state index in [1.807, 2.05) is 0 Å². The van der Waals surface area contributed by atoms with Gasteiger partial charge in [-0.2, -0.15) is 0 Å². The van der Waals surface area contributed by atoms with E-state index in [2.05, 4.69) is 86.7 Å². The Labute approximate surface area is 266 Å². The minimum absolute atomic E-state index is 0.0966. The van der Waals surface area contributed by atoms with Crippen LogP contribution in [0.4, 0.5) is 15.8 Å². The van der Waals surface area contributed by atoms with Gasteiger partial charge in [0.25, 0.3) is 5.91 Å². The van der Waals surface area contributed by atoms with Gasteiger partial charge in [-0.25, -0.2) is 4.39 Å². The maximum absolute atomic E-state index is 15.3. The zero-order valence-electron chi connectivity index (χ0n) is 27.8. The number of likely N-dealkylation sites (tertiary alicyclic amines) is 1. The third-order valence-corrected chi connectivity index (χ3v) is 10.6. The van der Waals surface area contributed by atoms with E-state index in [-0.39, 0.29) is 30.2 Å². The van der Waals surface area contributed by atoms with E-state index in [0.717, 1.165) is 38.3 Å². The molecule has 2 aromatic carbocycles. The van der Waals surface area contributed by atoms with Gasteiger partial charge in [-0.05, 0) is 66.5 Å². The van der Waals surface area contributed by atoms with Gasteiger partial charge in [-0.1, -0.05) is 46.8 Å². The number of nitrogens with one attached hydrogen (secondary N) is 1. The summed E-state index contributed by atoms with van der Waals surface area (Å²) >= 11 is 0. The molecule has 0 bridgehead atoms. The molecule has 242 valence electrons. The number of piperidine rings is 1. The average molecular weight is 618 g/mol. The number of hydrogen-bond donors (Lipinski definition) is 1. The van der Waals surface area contributed by atoms with Gasteiger partial charge in [0.1, 0.15) is 11.9 Å². The van der Waals surface area contributed by atoms with Gasteiger partial charge in [0.05, 0.1) is 5.69 Å². The highest BCUT2D eigenvalue weighted by atomic mass is 19.1. The summed E-state index contributed by atoms with van der Waals surface area (Å²) in [5.41, 5.74) is 5.69. The number of rotatable bonds is 8.